The maximum atomic E-state index is 13.9. The Morgan fingerprint density at radius 3 is 2.43 bits per heavy atom. The Kier molecular flexibility index (Phi) is 5.99. The summed E-state index contributed by atoms with van der Waals surface area (Å²) < 4.78 is 46.3. The highest BCUT2D eigenvalue weighted by Crippen LogP contribution is 2.37. The number of carbonyl (C=O) groups excluding carboxylic acids is 1. The SMILES string of the molecule is COc1ccc2[nH]c(C)c(C(C(=O)c3ccccc3)c3cc(=O)n(-c4cccc(C(F)(F)F)c4)[nH]3)c2c1. The minimum absolute atomic E-state index is 0.00861. The van der Waals surface area contributed by atoms with E-state index in [2.05, 4.69) is 10.1 Å². The fraction of sp³-hybridized carbons (Fsp3) is 0.143. The Labute approximate surface area is 209 Å². The van der Waals surface area contributed by atoms with Crippen LogP contribution in [0.4, 0.5) is 13.2 Å². The lowest BCUT2D eigenvalue weighted by Crippen LogP contribution is -2.17. The smallest absolute Gasteiger partial charge is 0.416 e. The fourth-order valence-corrected chi connectivity index (χ4v) is 4.60. The van der Waals surface area contributed by atoms with Crippen LogP contribution >= 0.6 is 0 Å². The summed E-state index contributed by atoms with van der Waals surface area (Å²) in [5.41, 5.74) is 1.35. The fourth-order valence-electron chi connectivity index (χ4n) is 4.60. The molecular weight excluding hydrogens is 483 g/mol. The Hall–Kier alpha value is -4.53. The van der Waals surface area contributed by atoms with Crippen LogP contribution < -0.4 is 10.3 Å². The third-order valence-corrected chi connectivity index (χ3v) is 6.34. The van der Waals surface area contributed by atoms with Gasteiger partial charge in [-0.1, -0.05) is 36.4 Å². The molecule has 1 unspecified atom stereocenters. The predicted molar refractivity (Wildman–Crippen MR) is 134 cm³/mol. The predicted octanol–water partition coefficient (Wildman–Crippen LogP) is 6.00. The molecule has 37 heavy (non-hydrogen) atoms. The van der Waals surface area contributed by atoms with Crippen LogP contribution in [0, 0.1) is 6.92 Å². The molecule has 2 aromatic heterocycles. The van der Waals surface area contributed by atoms with Crippen molar-refractivity contribution in [1.82, 2.24) is 14.8 Å². The summed E-state index contributed by atoms with van der Waals surface area (Å²) in [5.74, 6) is -0.624. The van der Waals surface area contributed by atoms with Gasteiger partial charge in [-0.25, -0.2) is 4.68 Å². The molecule has 0 saturated heterocycles. The van der Waals surface area contributed by atoms with E-state index in [1.54, 1.807) is 49.6 Å². The quantitative estimate of drug-likeness (QED) is 0.278. The van der Waals surface area contributed by atoms with Crippen molar-refractivity contribution in [1.29, 1.82) is 0 Å². The maximum absolute atomic E-state index is 13.9. The normalized spacial score (nSPS) is 12.6. The second-order valence-corrected chi connectivity index (χ2v) is 8.67. The van der Waals surface area contributed by atoms with Gasteiger partial charge in [0.25, 0.3) is 5.56 Å². The number of fused-ring (bicyclic) bond motifs is 1. The van der Waals surface area contributed by atoms with Gasteiger partial charge in [-0.05, 0) is 48.9 Å². The average Bonchev–Trinajstić information content (AvgIpc) is 3.43. The molecule has 5 rings (SSSR count). The van der Waals surface area contributed by atoms with Crippen LogP contribution in [0.3, 0.4) is 0 Å². The number of methoxy groups -OCH3 is 1. The number of alkyl halides is 3. The molecule has 0 aliphatic carbocycles. The summed E-state index contributed by atoms with van der Waals surface area (Å²) >= 11 is 0. The Morgan fingerprint density at radius 1 is 0.973 bits per heavy atom. The van der Waals surface area contributed by atoms with E-state index < -0.39 is 23.2 Å². The van der Waals surface area contributed by atoms with Crippen molar-refractivity contribution >= 4 is 16.7 Å². The average molecular weight is 505 g/mol. The van der Waals surface area contributed by atoms with Gasteiger partial charge in [0.15, 0.2) is 5.78 Å². The number of nitrogens with one attached hydrogen (secondary N) is 2. The Bertz CT molecular complexity index is 1660. The summed E-state index contributed by atoms with van der Waals surface area (Å²) in [6, 6.07) is 19.8. The third-order valence-electron chi connectivity index (χ3n) is 6.34. The van der Waals surface area contributed by atoms with E-state index in [1.807, 2.05) is 13.0 Å². The number of ketones is 1. The van der Waals surface area contributed by atoms with Crippen LogP contribution in [0.2, 0.25) is 0 Å². The number of aryl methyl sites for hydroxylation is 1. The number of hydrogen-bond donors (Lipinski definition) is 2. The Balaban J connectivity index is 1.71. The zero-order valence-electron chi connectivity index (χ0n) is 19.9. The number of halogens is 3. The first-order valence-electron chi connectivity index (χ1n) is 11.4. The number of ether oxygens (including phenoxy) is 1. The number of rotatable bonds is 6. The van der Waals surface area contributed by atoms with Crippen LogP contribution in [0.5, 0.6) is 5.75 Å². The Morgan fingerprint density at radius 2 is 1.73 bits per heavy atom. The molecule has 0 radical (unpaired) electrons. The first kappa shape index (κ1) is 24.2. The summed E-state index contributed by atoms with van der Waals surface area (Å²) in [7, 11) is 1.54. The third kappa shape index (κ3) is 4.44. The largest absolute Gasteiger partial charge is 0.497 e. The summed E-state index contributed by atoms with van der Waals surface area (Å²) in [6.45, 7) is 1.83. The number of Topliss-reactive ketones (excluding diaryl/α,β-unsaturated/α-hetero) is 1. The second kappa shape index (κ2) is 9.16. The summed E-state index contributed by atoms with van der Waals surface area (Å²) in [6.07, 6.45) is -4.57. The molecule has 1 atom stereocenters. The standard InChI is InChI=1S/C28H22F3N3O3/c1-16-25(21-14-20(37-2)11-12-22(21)32-16)26(27(36)17-7-4-3-5-8-17)23-15-24(35)34(33-23)19-10-6-9-18(13-19)28(29,30)31/h3-15,26,32-33H,1-2H3. The number of aromatic nitrogens is 3. The minimum atomic E-state index is -4.57. The molecule has 0 amide bonds. The number of H-pyrrole nitrogens is 2. The monoisotopic (exact) mass is 505 g/mol. The molecule has 188 valence electrons. The van der Waals surface area contributed by atoms with Crippen LogP contribution in [-0.2, 0) is 6.18 Å². The van der Waals surface area contributed by atoms with Crippen molar-refractivity contribution in [3.63, 3.8) is 0 Å². The number of hydrogen-bond acceptors (Lipinski definition) is 3. The highest BCUT2D eigenvalue weighted by molar-refractivity contribution is 6.05. The van der Waals surface area contributed by atoms with Gasteiger partial charge in [-0.2, -0.15) is 13.2 Å². The molecule has 0 fully saturated rings. The molecule has 2 heterocycles. The van der Waals surface area contributed by atoms with E-state index in [4.69, 9.17) is 4.74 Å². The molecular formula is C28H22F3N3O3. The van der Waals surface area contributed by atoms with Gasteiger partial charge in [0.1, 0.15) is 5.75 Å². The molecule has 6 nitrogen and oxygen atoms in total. The van der Waals surface area contributed by atoms with Crippen LogP contribution in [0.25, 0.3) is 16.6 Å². The topological polar surface area (TPSA) is 79.9 Å². The lowest BCUT2D eigenvalue weighted by atomic mass is 9.86. The molecule has 9 heteroatoms. The number of benzene rings is 3. The summed E-state index contributed by atoms with van der Waals surface area (Å²) in [4.78, 5) is 30.2. The highest BCUT2D eigenvalue weighted by atomic mass is 19.4. The zero-order chi connectivity index (χ0) is 26.3. The first-order chi connectivity index (χ1) is 17.7. The van der Waals surface area contributed by atoms with Gasteiger partial charge < -0.3 is 9.72 Å². The first-order valence-corrected chi connectivity index (χ1v) is 11.4. The van der Waals surface area contributed by atoms with Crippen molar-refractivity contribution in [3.8, 4) is 11.4 Å². The van der Waals surface area contributed by atoms with Gasteiger partial charge in [0.2, 0.25) is 0 Å². The molecule has 0 aliphatic rings. The van der Waals surface area contributed by atoms with E-state index in [1.165, 1.54) is 18.2 Å². The minimum Gasteiger partial charge on any atom is -0.497 e. The highest BCUT2D eigenvalue weighted by Gasteiger charge is 2.32. The van der Waals surface area contributed by atoms with E-state index in [0.717, 1.165) is 27.7 Å². The van der Waals surface area contributed by atoms with E-state index >= 15 is 0 Å². The van der Waals surface area contributed by atoms with Gasteiger partial charge >= 0.3 is 6.18 Å². The van der Waals surface area contributed by atoms with Crippen LogP contribution in [-0.4, -0.2) is 27.7 Å². The molecule has 5 aromatic rings. The van der Waals surface area contributed by atoms with Crippen molar-refractivity contribution in [2.75, 3.05) is 7.11 Å². The zero-order valence-corrected chi connectivity index (χ0v) is 19.9. The lowest BCUT2D eigenvalue weighted by molar-refractivity contribution is -0.137. The van der Waals surface area contributed by atoms with Crippen molar-refractivity contribution in [3.05, 3.63) is 117 Å². The van der Waals surface area contributed by atoms with E-state index in [0.29, 0.717) is 22.6 Å². The molecule has 0 bridgehead atoms. The van der Waals surface area contributed by atoms with Crippen LogP contribution in [0.15, 0.2) is 83.7 Å². The van der Waals surface area contributed by atoms with Gasteiger partial charge in [-0.15, -0.1) is 0 Å². The van der Waals surface area contributed by atoms with Gasteiger partial charge in [-0.3, -0.25) is 14.7 Å². The van der Waals surface area contributed by atoms with E-state index in [-0.39, 0.29) is 17.2 Å². The second-order valence-electron chi connectivity index (χ2n) is 8.67. The van der Waals surface area contributed by atoms with Crippen molar-refractivity contribution < 1.29 is 22.7 Å². The molecule has 0 saturated carbocycles. The lowest BCUT2D eigenvalue weighted by Gasteiger charge is -2.16. The van der Waals surface area contributed by atoms with Crippen LogP contribution in [0.1, 0.15) is 38.8 Å². The molecule has 3 aromatic carbocycles. The van der Waals surface area contributed by atoms with Gasteiger partial charge in [0, 0.05) is 28.2 Å². The summed E-state index contributed by atoms with van der Waals surface area (Å²) in [5, 5.41) is 3.64. The van der Waals surface area contributed by atoms with Gasteiger partial charge in [0.05, 0.1) is 30.0 Å². The molecule has 0 spiro atoms. The molecule has 2 N–H and O–H groups in total. The van der Waals surface area contributed by atoms with E-state index in [9.17, 15) is 22.8 Å². The van der Waals surface area contributed by atoms with Crippen molar-refractivity contribution in [2.45, 2.75) is 19.0 Å². The van der Waals surface area contributed by atoms with Crippen molar-refractivity contribution in [2.24, 2.45) is 0 Å². The maximum Gasteiger partial charge on any atom is 0.416 e. The molecule has 0 aliphatic heterocycles. The number of aromatic amines is 2. The number of carbonyl (C=O) groups is 1. The number of nitrogens with zero attached hydrogens (tertiary/aromatic N) is 1.